The van der Waals surface area contributed by atoms with Gasteiger partial charge in [-0.05, 0) is 95.5 Å². The normalized spacial score (nSPS) is 12.1. The molecule has 0 spiro atoms. The number of nitrogens with zero attached hydrogens (tertiary/aromatic N) is 2. The zero-order chi connectivity index (χ0) is 44.7. The second kappa shape index (κ2) is 17.5. The summed E-state index contributed by atoms with van der Waals surface area (Å²) in [6, 6.07) is 22.6. The Morgan fingerprint density at radius 3 is 0.855 bits per heavy atom. The van der Waals surface area contributed by atoms with Crippen LogP contribution in [0.25, 0.3) is 21.5 Å². The highest BCUT2D eigenvalue weighted by molar-refractivity contribution is 6.23. The van der Waals surface area contributed by atoms with Gasteiger partial charge in [-0.15, -0.1) is 0 Å². The van der Waals surface area contributed by atoms with Crippen LogP contribution in [-0.2, 0) is 10.8 Å². The Morgan fingerprint density at radius 2 is 0.613 bits per heavy atom. The van der Waals surface area contributed by atoms with Crippen molar-refractivity contribution in [1.29, 1.82) is 0 Å². The molecule has 0 saturated carbocycles. The van der Waals surface area contributed by atoms with Crippen molar-refractivity contribution in [1.82, 2.24) is 0 Å². The molecule has 0 amide bonds. The Bertz CT molecular complexity index is 2420. The molecule has 0 heterocycles. The van der Waals surface area contributed by atoms with Crippen LogP contribution in [0.5, 0.6) is 0 Å². The van der Waals surface area contributed by atoms with E-state index in [4.69, 9.17) is 0 Å². The number of fused-ring (bicyclic) bond motifs is 2. The Hall–Kier alpha value is -5.90. The summed E-state index contributed by atoms with van der Waals surface area (Å²) in [7, 11) is 0. The smallest absolute Gasteiger partial charge is 0.150 e. The average Bonchev–Trinajstić information content (AvgIpc) is 3.22. The molecular weight excluding hydrogens is 805 g/mol. The van der Waals surface area contributed by atoms with Crippen LogP contribution in [0, 0.1) is 46.5 Å². The van der Waals surface area contributed by atoms with E-state index in [1.807, 2.05) is 41.5 Å². The Balaban J connectivity index is 1.80. The van der Waals surface area contributed by atoms with Crippen LogP contribution in [-0.4, -0.2) is 0 Å². The van der Waals surface area contributed by atoms with Gasteiger partial charge in [0.2, 0.25) is 0 Å². The van der Waals surface area contributed by atoms with Gasteiger partial charge in [0.1, 0.15) is 69.3 Å². The van der Waals surface area contributed by atoms with E-state index in [1.54, 1.807) is 36.4 Å². The SMILES string of the molecule is CCCCC(C)(C)c1ccc2c(N(c3c(F)cccc3F)c3c(F)cccc3F)c3cc(C(C)(C)CCCC)ccc3c(N(c3c(F)cccc3F)c3c(F)cccc3F)c2c1. The van der Waals surface area contributed by atoms with Gasteiger partial charge in [0.05, 0.1) is 11.4 Å². The molecule has 0 unspecified atom stereocenters. The fourth-order valence-corrected chi connectivity index (χ4v) is 8.51. The van der Waals surface area contributed by atoms with Crippen molar-refractivity contribution in [2.45, 2.75) is 90.9 Å². The number of hydrogen-bond donors (Lipinski definition) is 0. The molecule has 0 aliphatic heterocycles. The minimum absolute atomic E-state index is 0.0826. The van der Waals surface area contributed by atoms with E-state index in [9.17, 15) is 0 Å². The number of benzene rings is 7. The number of hydrogen-bond acceptors (Lipinski definition) is 2. The number of anilines is 6. The maximum Gasteiger partial charge on any atom is 0.150 e. The van der Waals surface area contributed by atoms with Crippen molar-refractivity contribution >= 4 is 55.7 Å². The van der Waals surface area contributed by atoms with Crippen LogP contribution in [0.15, 0.2) is 109 Å². The van der Waals surface area contributed by atoms with Crippen LogP contribution >= 0.6 is 0 Å². The van der Waals surface area contributed by atoms with Gasteiger partial charge in [-0.2, -0.15) is 0 Å². The first-order chi connectivity index (χ1) is 29.5. The number of unbranched alkanes of at least 4 members (excludes halogenated alkanes) is 2. The molecule has 7 aromatic carbocycles. The molecule has 7 rings (SSSR count). The predicted octanol–water partition coefficient (Wildman–Crippen LogP) is 17.0. The highest BCUT2D eigenvalue weighted by atomic mass is 19.2. The van der Waals surface area contributed by atoms with Gasteiger partial charge in [0.25, 0.3) is 0 Å². The van der Waals surface area contributed by atoms with Crippen molar-refractivity contribution in [2.24, 2.45) is 0 Å². The van der Waals surface area contributed by atoms with E-state index >= 15 is 35.1 Å². The first-order valence-corrected chi connectivity index (χ1v) is 20.9. The molecule has 0 saturated heterocycles. The van der Waals surface area contributed by atoms with Gasteiger partial charge >= 0.3 is 0 Å². The third-order valence-electron chi connectivity index (χ3n) is 12.0. The van der Waals surface area contributed by atoms with Crippen molar-refractivity contribution in [3.63, 3.8) is 0 Å². The molecule has 0 aliphatic rings. The van der Waals surface area contributed by atoms with E-state index in [2.05, 4.69) is 0 Å². The van der Waals surface area contributed by atoms with Gasteiger partial charge in [0.15, 0.2) is 0 Å². The van der Waals surface area contributed by atoms with Gasteiger partial charge in [-0.3, -0.25) is 9.80 Å². The maximum absolute atomic E-state index is 16.4. The van der Waals surface area contributed by atoms with E-state index in [0.29, 0.717) is 24.0 Å². The van der Waals surface area contributed by atoms with Crippen molar-refractivity contribution in [2.75, 3.05) is 9.80 Å². The summed E-state index contributed by atoms with van der Waals surface area (Å²) in [6.07, 6.45) is 4.80. The summed E-state index contributed by atoms with van der Waals surface area (Å²) < 4.78 is 131. The summed E-state index contributed by atoms with van der Waals surface area (Å²) in [6.45, 7) is 12.1. The molecule has 0 fully saturated rings. The Kier molecular flexibility index (Phi) is 12.4. The number of halogens is 8. The third-order valence-corrected chi connectivity index (χ3v) is 12.0. The summed E-state index contributed by atoms with van der Waals surface area (Å²) in [5, 5.41) is 0.456. The Labute approximate surface area is 357 Å². The van der Waals surface area contributed by atoms with Crippen LogP contribution < -0.4 is 9.80 Å². The molecule has 0 N–H and O–H groups in total. The lowest BCUT2D eigenvalue weighted by atomic mass is 9.78. The van der Waals surface area contributed by atoms with Gasteiger partial charge in [0, 0.05) is 21.5 Å². The first kappa shape index (κ1) is 44.2. The summed E-state index contributed by atoms with van der Waals surface area (Å²) in [4.78, 5) is 1.73. The monoisotopic (exact) mass is 852 g/mol. The van der Waals surface area contributed by atoms with E-state index in [1.165, 1.54) is 0 Å². The lowest BCUT2D eigenvalue weighted by Crippen LogP contribution is -2.22. The van der Waals surface area contributed by atoms with E-state index in [-0.39, 0.29) is 32.9 Å². The van der Waals surface area contributed by atoms with Crippen LogP contribution in [0.3, 0.4) is 0 Å². The minimum Gasteiger partial charge on any atom is -0.299 e. The topological polar surface area (TPSA) is 6.48 Å². The fourth-order valence-electron chi connectivity index (χ4n) is 8.51. The molecular formula is C52H48F8N2. The highest BCUT2D eigenvalue weighted by Crippen LogP contribution is 2.55. The van der Waals surface area contributed by atoms with Crippen LogP contribution in [0.4, 0.5) is 69.2 Å². The second-order valence-electron chi connectivity index (χ2n) is 17.1. The quantitative estimate of drug-likeness (QED) is 0.0611. The molecule has 10 heteroatoms. The predicted molar refractivity (Wildman–Crippen MR) is 236 cm³/mol. The van der Waals surface area contributed by atoms with Crippen molar-refractivity contribution in [3.05, 3.63) is 167 Å². The molecule has 0 bridgehead atoms. The summed E-state index contributed by atoms with van der Waals surface area (Å²) in [5.74, 6) is -9.12. The highest BCUT2D eigenvalue weighted by Gasteiger charge is 2.35. The minimum atomic E-state index is -1.14. The summed E-state index contributed by atoms with van der Waals surface area (Å²) in [5.41, 5.74) is -3.02. The molecule has 0 aromatic heterocycles. The van der Waals surface area contributed by atoms with E-state index < -0.39 is 80.1 Å². The van der Waals surface area contributed by atoms with Crippen molar-refractivity contribution < 1.29 is 35.1 Å². The zero-order valence-corrected chi connectivity index (χ0v) is 35.6. The van der Waals surface area contributed by atoms with E-state index in [0.717, 1.165) is 108 Å². The van der Waals surface area contributed by atoms with Crippen LogP contribution in [0.2, 0.25) is 0 Å². The Morgan fingerprint density at radius 1 is 0.355 bits per heavy atom. The molecule has 2 nitrogen and oxygen atoms in total. The van der Waals surface area contributed by atoms with Gasteiger partial charge in [-0.25, -0.2) is 35.1 Å². The lowest BCUT2D eigenvalue weighted by molar-refractivity contribution is 0.458. The molecule has 0 atom stereocenters. The first-order valence-electron chi connectivity index (χ1n) is 20.9. The zero-order valence-electron chi connectivity index (χ0n) is 35.6. The maximum atomic E-state index is 16.4. The van der Waals surface area contributed by atoms with Gasteiger partial charge in [-0.1, -0.05) is 116 Å². The molecule has 7 aromatic rings. The second-order valence-corrected chi connectivity index (χ2v) is 17.1. The number of rotatable bonds is 14. The molecule has 0 aliphatic carbocycles. The largest absolute Gasteiger partial charge is 0.299 e. The van der Waals surface area contributed by atoms with Gasteiger partial charge < -0.3 is 0 Å². The van der Waals surface area contributed by atoms with Crippen LogP contribution in [0.1, 0.15) is 91.2 Å². The molecule has 62 heavy (non-hydrogen) atoms. The van der Waals surface area contributed by atoms with Crippen molar-refractivity contribution in [3.8, 4) is 0 Å². The fraction of sp³-hybridized carbons (Fsp3) is 0.269. The summed E-state index contributed by atoms with van der Waals surface area (Å²) >= 11 is 0. The average molecular weight is 853 g/mol. The number of para-hydroxylation sites is 4. The standard InChI is InChI=1S/C52H48F8N2/c1-7-9-27-51(3,4)31-23-25-33-35(29-31)45(61(47-37(53)15-11-16-38(47)54)48-39(55)17-12-18-40(48)56)34-26-24-32(52(5,6)28-10-8-2)30-36(34)46(33)62(49-41(57)19-13-20-42(49)58)50-43(59)21-14-22-44(50)60/h11-26,29-30H,7-10,27-28H2,1-6H3. The third kappa shape index (κ3) is 8.00. The molecule has 322 valence electrons. The lowest BCUT2D eigenvalue weighted by Gasteiger charge is -2.35. The molecule has 0 radical (unpaired) electrons.